The summed E-state index contributed by atoms with van der Waals surface area (Å²) in [7, 11) is -4.05. The Morgan fingerprint density at radius 1 is 1.13 bits per heavy atom. The van der Waals surface area contributed by atoms with Crippen molar-refractivity contribution in [3.05, 3.63) is 69.5 Å². The number of benzene rings is 2. The zero-order valence-corrected chi connectivity index (χ0v) is 22.5. The molecule has 2 aromatic rings. The molecule has 38 heavy (non-hydrogen) atoms. The van der Waals surface area contributed by atoms with Crippen LogP contribution in [0.2, 0.25) is 0 Å². The maximum Gasteiger partial charge on any atom is 0.271 e. The van der Waals surface area contributed by atoms with E-state index in [-0.39, 0.29) is 29.9 Å². The van der Waals surface area contributed by atoms with E-state index in [9.17, 15) is 32.5 Å². The summed E-state index contributed by atoms with van der Waals surface area (Å²) in [5, 5.41) is 14.3. The van der Waals surface area contributed by atoms with E-state index in [1.807, 2.05) is 0 Å². The average Bonchev–Trinajstić information content (AvgIpc) is 2.86. The fourth-order valence-corrected chi connectivity index (χ4v) is 5.41. The summed E-state index contributed by atoms with van der Waals surface area (Å²) in [6.45, 7) is 2.40. The lowest BCUT2D eigenvalue weighted by molar-refractivity contribution is -0.384. The minimum Gasteiger partial charge on any atom is -0.352 e. The highest BCUT2D eigenvalue weighted by Gasteiger charge is 2.32. The minimum absolute atomic E-state index is 0.00140. The number of aryl methyl sites for hydroxylation is 1. The van der Waals surface area contributed by atoms with Crippen LogP contribution in [0.15, 0.2) is 42.5 Å². The Kier molecular flexibility index (Phi) is 9.42. The van der Waals surface area contributed by atoms with Crippen LogP contribution in [0.25, 0.3) is 0 Å². The zero-order valence-electron chi connectivity index (χ0n) is 21.7. The molecular formula is C26H33FN4O6S. The van der Waals surface area contributed by atoms with Crippen LogP contribution >= 0.6 is 0 Å². The first kappa shape index (κ1) is 29.0. The van der Waals surface area contributed by atoms with Crippen molar-refractivity contribution in [2.24, 2.45) is 0 Å². The molecule has 0 aliphatic heterocycles. The lowest BCUT2D eigenvalue weighted by atomic mass is 9.95. The molecule has 206 valence electrons. The van der Waals surface area contributed by atoms with Crippen molar-refractivity contribution in [1.82, 2.24) is 10.2 Å². The van der Waals surface area contributed by atoms with Crippen molar-refractivity contribution in [1.29, 1.82) is 0 Å². The van der Waals surface area contributed by atoms with Gasteiger partial charge in [0.2, 0.25) is 21.8 Å². The number of halogens is 1. The summed E-state index contributed by atoms with van der Waals surface area (Å²) in [6.07, 6.45) is 5.71. The smallest absolute Gasteiger partial charge is 0.271 e. The van der Waals surface area contributed by atoms with Crippen molar-refractivity contribution in [3.63, 3.8) is 0 Å². The average molecular weight is 549 g/mol. The number of amides is 2. The van der Waals surface area contributed by atoms with Crippen LogP contribution in [0.3, 0.4) is 0 Å². The number of hydrogen-bond donors (Lipinski definition) is 1. The maximum absolute atomic E-state index is 13.6. The van der Waals surface area contributed by atoms with E-state index >= 15 is 0 Å². The first-order chi connectivity index (χ1) is 17.9. The third kappa shape index (κ3) is 7.50. The van der Waals surface area contributed by atoms with Crippen LogP contribution in [0.5, 0.6) is 0 Å². The lowest BCUT2D eigenvalue weighted by Crippen LogP contribution is -2.53. The summed E-state index contributed by atoms with van der Waals surface area (Å²) in [5.41, 5.74) is 0.641. The van der Waals surface area contributed by atoms with E-state index in [1.54, 1.807) is 13.8 Å². The first-order valence-corrected chi connectivity index (χ1v) is 14.3. The number of anilines is 1. The molecule has 2 amide bonds. The number of carbonyl (C=O) groups is 2. The minimum atomic E-state index is -4.05. The largest absolute Gasteiger partial charge is 0.352 e. The van der Waals surface area contributed by atoms with E-state index in [4.69, 9.17) is 0 Å². The van der Waals surface area contributed by atoms with Gasteiger partial charge in [-0.1, -0.05) is 37.5 Å². The third-order valence-electron chi connectivity index (χ3n) is 6.74. The van der Waals surface area contributed by atoms with E-state index in [1.165, 1.54) is 41.3 Å². The van der Waals surface area contributed by atoms with E-state index < -0.39 is 39.3 Å². The van der Waals surface area contributed by atoms with Gasteiger partial charge in [-0.25, -0.2) is 12.8 Å². The fraction of sp³-hybridized carbons (Fsp3) is 0.462. The second kappa shape index (κ2) is 12.3. The maximum atomic E-state index is 13.6. The Balaban J connectivity index is 1.92. The Morgan fingerprint density at radius 3 is 2.34 bits per heavy atom. The standard InChI is InChI=1S/C26H33FN4O6S/c1-18-9-14-23(31(34)35)15-24(18)30(38(3,36)37)17-25(32)29(16-20-10-12-21(27)13-11-20)19(2)26(33)28-22-7-5-4-6-8-22/h9-15,19,22H,4-8,16-17H2,1-3H3,(H,28,33)/t19-/m1/s1. The topological polar surface area (TPSA) is 130 Å². The van der Waals surface area contributed by atoms with Gasteiger partial charge in [0.1, 0.15) is 18.4 Å². The quantitative estimate of drug-likeness (QED) is 0.356. The molecule has 1 aliphatic carbocycles. The molecule has 1 saturated carbocycles. The SMILES string of the molecule is Cc1ccc([N+](=O)[O-])cc1N(CC(=O)N(Cc1ccc(F)cc1)[C@H](C)C(=O)NC1CCCCC1)S(C)(=O)=O. The summed E-state index contributed by atoms with van der Waals surface area (Å²) >= 11 is 0. The number of non-ortho nitro benzene ring substituents is 1. The van der Waals surface area contributed by atoms with Gasteiger partial charge in [-0.2, -0.15) is 0 Å². The van der Waals surface area contributed by atoms with Gasteiger partial charge in [0.25, 0.3) is 5.69 Å². The van der Waals surface area contributed by atoms with Crippen LogP contribution in [-0.4, -0.2) is 54.9 Å². The summed E-state index contributed by atoms with van der Waals surface area (Å²) < 4.78 is 39.8. The van der Waals surface area contributed by atoms with Gasteiger partial charge in [0.05, 0.1) is 16.9 Å². The summed E-state index contributed by atoms with van der Waals surface area (Å²) in [6, 6.07) is 8.25. The van der Waals surface area contributed by atoms with Crippen molar-refractivity contribution in [2.75, 3.05) is 17.1 Å². The molecule has 0 aromatic heterocycles. The molecule has 12 heteroatoms. The van der Waals surface area contributed by atoms with Crippen molar-refractivity contribution in [2.45, 2.75) is 64.6 Å². The van der Waals surface area contributed by atoms with E-state index in [0.717, 1.165) is 48.7 Å². The van der Waals surface area contributed by atoms with Crippen LogP contribution < -0.4 is 9.62 Å². The van der Waals surface area contributed by atoms with Gasteiger partial charge in [-0.3, -0.25) is 24.0 Å². The number of carbonyl (C=O) groups excluding carboxylic acids is 2. The van der Waals surface area contributed by atoms with Gasteiger partial charge in [0.15, 0.2) is 0 Å². The number of nitro benzene ring substituents is 1. The molecule has 0 unspecified atom stereocenters. The molecule has 10 nitrogen and oxygen atoms in total. The highest BCUT2D eigenvalue weighted by molar-refractivity contribution is 7.92. The molecule has 0 spiro atoms. The van der Waals surface area contributed by atoms with Crippen molar-refractivity contribution < 1.29 is 27.3 Å². The Morgan fingerprint density at radius 2 is 1.76 bits per heavy atom. The predicted octanol–water partition coefficient (Wildman–Crippen LogP) is 3.67. The predicted molar refractivity (Wildman–Crippen MR) is 141 cm³/mol. The molecule has 0 radical (unpaired) electrons. The van der Waals surface area contributed by atoms with Crippen LogP contribution in [-0.2, 0) is 26.2 Å². The normalized spacial score (nSPS) is 14.9. The molecule has 1 fully saturated rings. The van der Waals surface area contributed by atoms with Gasteiger partial charge in [-0.15, -0.1) is 0 Å². The number of nitro groups is 1. The lowest BCUT2D eigenvalue weighted by Gasteiger charge is -2.33. The number of rotatable bonds is 10. The molecular weight excluding hydrogens is 515 g/mol. The highest BCUT2D eigenvalue weighted by atomic mass is 32.2. The molecule has 1 atom stereocenters. The van der Waals surface area contributed by atoms with Gasteiger partial charge in [0, 0.05) is 24.7 Å². The number of sulfonamides is 1. The monoisotopic (exact) mass is 548 g/mol. The second-order valence-corrected chi connectivity index (χ2v) is 11.6. The van der Waals surface area contributed by atoms with Crippen LogP contribution in [0, 0.1) is 22.9 Å². The molecule has 1 aliphatic rings. The fourth-order valence-electron chi connectivity index (χ4n) is 4.51. The number of hydrogen-bond acceptors (Lipinski definition) is 6. The van der Waals surface area contributed by atoms with Crippen molar-refractivity contribution in [3.8, 4) is 0 Å². The van der Waals surface area contributed by atoms with Gasteiger partial charge < -0.3 is 10.2 Å². The Hall–Kier alpha value is -3.54. The molecule has 0 heterocycles. The third-order valence-corrected chi connectivity index (χ3v) is 7.86. The van der Waals surface area contributed by atoms with Crippen molar-refractivity contribution >= 4 is 33.2 Å². The summed E-state index contributed by atoms with van der Waals surface area (Å²) in [4.78, 5) is 38.7. The molecule has 0 saturated heterocycles. The van der Waals surface area contributed by atoms with Crippen LogP contribution in [0.4, 0.5) is 15.8 Å². The number of nitrogens with zero attached hydrogens (tertiary/aromatic N) is 3. The highest BCUT2D eigenvalue weighted by Crippen LogP contribution is 2.28. The summed E-state index contributed by atoms with van der Waals surface area (Å²) in [5.74, 6) is -1.51. The Labute approximate surface area is 222 Å². The zero-order chi connectivity index (χ0) is 28.0. The van der Waals surface area contributed by atoms with E-state index in [0.29, 0.717) is 11.1 Å². The second-order valence-electron chi connectivity index (χ2n) is 9.67. The molecule has 1 N–H and O–H groups in total. The molecule has 0 bridgehead atoms. The molecule has 3 rings (SSSR count). The number of nitrogens with one attached hydrogen (secondary N) is 1. The first-order valence-electron chi connectivity index (χ1n) is 12.4. The van der Waals surface area contributed by atoms with Gasteiger partial charge >= 0.3 is 0 Å². The Bertz CT molecular complexity index is 1280. The van der Waals surface area contributed by atoms with E-state index in [2.05, 4.69) is 5.32 Å². The van der Waals surface area contributed by atoms with Gasteiger partial charge in [-0.05, 0) is 49.9 Å². The van der Waals surface area contributed by atoms with Crippen LogP contribution in [0.1, 0.15) is 50.2 Å². The molecule has 2 aromatic carbocycles.